The summed E-state index contributed by atoms with van der Waals surface area (Å²) in [5.74, 6) is 2.32. The lowest BCUT2D eigenvalue weighted by Crippen LogP contribution is -2.00. The zero-order valence-electron chi connectivity index (χ0n) is 20.0. The summed E-state index contributed by atoms with van der Waals surface area (Å²) >= 11 is 0. The molecule has 0 aliphatic rings. The maximum Gasteiger partial charge on any atom is 0.335 e. The van der Waals surface area contributed by atoms with E-state index >= 15 is 0 Å². The van der Waals surface area contributed by atoms with Gasteiger partial charge in [0, 0.05) is 0 Å². The Morgan fingerprint density at radius 3 is 1.97 bits per heavy atom. The molecule has 0 saturated heterocycles. The fourth-order valence-corrected chi connectivity index (χ4v) is 3.78. The zero-order valence-corrected chi connectivity index (χ0v) is 20.0. The minimum absolute atomic E-state index is 0.281. The van der Waals surface area contributed by atoms with Crippen molar-refractivity contribution < 1.29 is 14.6 Å². The van der Waals surface area contributed by atoms with Crippen molar-refractivity contribution in [2.24, 2.45) is 17.8 Å². The van der Waals surface area contributed by atoms with Gasteiger partial charge in [0.05, 0.1) is 5.56 Å². The first kappa shape index (κ1) is 26.3. The van der Waals surface area contributed by atoms with Crippen LogP contribution in [0, 0.1) is 17.8 Å². The number of ether oxygens (including phenoxy) is 1. The maximum absolute atomic E-state index is 10.9. The zero-order chi connectivity index (χ0) is 22.4. The van der Waals surface area contributed by atoms with Gasteiger partial charge in [0.15, 0.2) is 0 Å². The number of rotatable bonds is 16. The van der Waals surface area contributed by atoms with E-state index in [0.29, 0.717) is 12.4 Å². The second-order valence-corrected chi connectivity index (χ2v) is 9.55. The minimum Gasteiger partial charge on any atom is -0.490 e. The molecule has 3 heteroatoms. The number of carboxylic acids is 1. The van der Waals surface area contributed by atoms with E-state index in [1.54, 1.807) is 24.3 Å². The van der Waals surface area contributed by atoms with Crippen LogP contribution in [0.25, 0.3) is 0 Å². The van der Waals surface area contributed by atoms with Crippen LogP contribution < -0.4 is 4.74 Å². The Hall–Kier alpha value is -1.77. The van der Waals surface area contributed by atoms with Crippen molar-refractivity contribution in [3.63, 3.8) is 0 Å². The molecular formula is C27H44O3. The summed E-state index contributed by atoms with van der Waals surface area (Å²) in [5.41, 5.74) is 1.65. The molecule has 0 aromatic heterocycles. The predicted molar refractivity (Wildman–Crippen MR) is 127 cm³/mol. The van der Waals surface area contributed by atoms with Crippen molar-refractivity contribution in [2.75, 3.05) is 6.61 Å². The third kappa shape index (κ3) is 12.7. The van der Waals surface area contributed by atoms with Gasteiger partial charge in [0.1, 0.15) is 12.4 Å². The van der Waals surface area contributed by atoms with Crippen LogP contribution in [0.4, 0.5) is 0 Å². The van der Waals surface area contributed by atoms with Gasteiger partial charge in [0.2, 0.25) is 0 Å². The lowest BCUT2D eigenvalue weighted by Gasteiger charge is -2.15. The lowest BCUT2D eigenvalue weighted by atomic mass is 9.91. The third-order valence-corrected chi connectivity index (χ3v) is 5.92. The van der Waals surface area contributed by atoms with E-state index in [1.165, 1.54) is 56.9 Å². The van der Waals surface area contributed by atoms with Crippen LogP contribution in [0.3, 0.4) is 0 Å². The number of aromatic carboxylic acids is 1. The van der Waals surface area contributed by atoms with Crippen molar-refractivity contribution in [1.29, 1.82) is 0 Å². The van der Waals surface area contributed by atoms with Gasteiger partial charge in [-0.1, -0.05) is 78.2 Å². The second kappa shape index (κ2) is 15.1. The monoisotopic (exact) mass is 416 g/mol. The van der Waals surface area contributed by atoms with E-state index in [-0.39, 0.29) is 5.56 Å². The van der Waals surface area contributed by atoms with Gasteiger partial charge in [0.25, 0.3) is 0 Å². The van der Waals surface area contributed by atoms with E-state index in [9.17, 15) is 4.79 Å². The molecule has 1 rings (SSSR count). The molecule has 1 aromatic rings. The summed E-state index contributed by atoms with van der Waals surface area (Å²) < 4.78 is 5.69. The van der Waals surface area contributed by atoms with Crippen molar-refractivity contribution >= 4 is 5.97 Å². The molecule has 1 aromatic carbocycles. The second-order valence-electron chi connectivity index (χ2n) is 9.55. The van der Waals surface area contributed by atoms with Crippen molar-refractivity contribution in [3.8, 4) is 5.75 Å². The number of allylic oxidation sites excluding steroid dienone is 1. The van der Waals surface area contributed by atoms with Gasteiger partial charge in [-0.15, -0.1) is 0 Å². The Morgan fingerprint density at radius 2 is 1.43 bits per heavy atom. The summed E-state index contributed by atoms with van der Waals surface area (Å²) in [4.78, 5) is 10.9. The van der Waals surface area contributed by atoms with Crippen LogP contribution in [-0.2, 0) is 0 Å². The van der Waals surface area contributed by atoms with Crippen LogP contribution >= 0.6 is 0 Å². The molecule has 2 atom stereocenters. The summed E-state index contributed by atoms with van der Waals surface area (Å²) in [7, 11) is 0. The number of hydrogen-bond donors (Lipinski definition) is 1. The molecule has 0 amide bonds. The van der Waals surface area contributed by atoms with Crippen LogP contribution in [-0.4, -0.2) is 17.7 Å². The van der Waals surface area contributed by atoms with Gasteiger partial charge in [-0.25, -0.2) is 4.79 Å². The normalized spacial score (nSPS) is 14.0. The molecule has 0 aliphatic carbocycles. The van der Waals surface area contributed by atoms with Gasteiger partial charge < -0.3 is 9.84 Å². The van der Waals surface area contributed by atoms with E-state index in [4.69, 9.17) is 9.84 Å². The molecule has 3 nitrogen and oxygen atoms in total. The van der Waals surface area contributed by atoms with Gasteiger partial charge >= 0.3 is 5.97 Å². The number of benzene rings is 1. The molecule has 30 heavy (non-hydrogen) atoms. The fraction of sp³-hybridized carbons (Fsp3) is 0.667. The highest BCUT2D eigenvalue weighted by Crippen LogP contribution is 2.22. The first-order valence-corrected chi connectivity index (χ1v) is 11.9. The summed E-state index contributed by atoms with van der Waals surface area (Å²) in [5, 5.41) is 8.92. The van der Waals surface area contributed by atoms with Gasteiger partial charge in [-0.2, -0.15) is 0 Å². The molecule has 0 fully saturated rings. The highest BCUT2D eigenvalue weighted by molar-refractivity contribution is 5.87. The molecule has 0 unspecified atom stereocenters. The summed E-state index contributed by atoms with van der Waals surface area (Å²) in [6.07, 6.45) is 14.0. The van der Waals surface area contributed by atoms with Crippen LogP contribution in [0.5, 0.6) is 5.75 Å². The largest absolute Gasteiger partial charge is 0.490 e. The van der Waals surface area contributed by atoms with Crippen molar-refractivity contribution in [1.82, 2.24) is 0 Å². The Kier molecular flexibility index (Phi) is 13.2. The van der Waals surface area contributed by atoms with Crippen LogP contribution in [0.2, 0.25) is 0 Å². The Bertz CT molecular complexity index is 616. The molecule has 170 valence electrons. The highest BCUT2D eigenvalue weighted by Gasteiger charge is 2.07. The topological polar surface area (TPSA) is 46.5 Å². The maximum atomic E-state index is 10.9. The van der Waals surface area contributed by atoms with Gasteiger partial charge in [-0.3, -0.25) is 0 Å². The Morgan fingerprint density at radius 1 is 0.900 bits per heavy atom. The number of hydrogen-bond acceptors (Lipinski definition) is 2. The smallest absolute Gasteiger partial charge is 0.335 e. The standard InChI is InChI=1S/C27H44O3/c1-21(2)9-6-10-22(3)11-7-12-23(4)13-8-14-24(5)19-20-30-26-17-15-25(16-18-26)27(28)29/h15-19,21-23H,6-14,20H2,1-5H3,(H,28,29)/b24-19+/t22-,23-/m1/s1. The van der Waals surface area contributed by atoms with Gasteiger partial charge in [-0.05, 0) is 67.9 Å². The van der Waals surface area contributed by atoms with E-state index < -0.39 is 5.97 Å². The van der Waals surface area contributed by atoms with Crippen LogP contribution in [0.1, 0.15) is 103 Å². The highest BCUT2D eigenvalue weighted by atomic mass is 16.5. The van der Waals surface area contributed by atoms with Crippen molar-refractivity contribution in [3.05, 3.63) is 41.5 Å². The van der Waals surface area contributed by atoms with Crippen molar-refractivity contribution in [2.45, 2.75) is 92.4 Å². The lowest BCUT2D eigenvalue weighted by molar-refractivity contribution is 0.0697. The molecule has 0 heterocycles. The first-order valence-electron chi connectivity index (χ1n) is 11.9. The fourth-order valence-electron chi connectivity index (χ4n) is 3.78. The average Bonchev–Trinajstić information content (AvgIpc) is 2.68. The SMILES string of the molecule is C/C(=C\COc1ccc(C(=O)O)cc1)CCC[C@H](C)CCC[C@H](C)CCCC(C)C. The molecule has 0 saturated carbocycles. The van der Waals surface area contributed by atoms with E-state index in [0.717, 1.165) is 24.2 Å². The molecule has 0 aliphatic heterocycles. The first-order chi connectivity index (χ1) is 14.3. The average molecular weight is 417 g/mol. The molecule has 1 N–H and O–H groups in total. The summed E-state index contributed by atoms with van der Waals surface area (Å²) in [6, 6.07) is 6.56. The number of carboxylic acid groups (broad SMARTS) is 1. The van der Waals surface area contributed by atoms with E-state index in [2.05, 4.69) is 40.7 Å². The third-order valence-electron chi connectivity index (χ3n) is 5.92. The minimum atomic E-state index is -0.914. The molecular weight excluding hydrogens is 372 g/mol. The van der Waals surface area contributed by atoms with E-state index in [1.807, 2.05) is 0 Å². The molecule has 0 spiro atoms. The molecule has 0 radical (unpaired) electrons. The summed E-state index contributed by atoms with van der Waals surface area (Å²) in [6.45, 7) is 12.1. The quantitative estimate of drug-likeness (QED) is 0.277. The van der Waals surface area contributed by atoms with Crippen LogP contribution in [0.15, 0.2) is 35.9 Å². The Labute approximate surface area is 184 Å². The molecule has 0 bridgehead atoms. The predicted octanol–water partition coefficient (Wildman–Crippen LogP) is 8.15. The number of carbonyl (C=O) groups is 1. The Balaban J connectivity index is 2.11.